The van der Waals surface area contributed by atoms with E-state index in [1.54, 1.807) is 0 Å². The van der Waals surface area contributed by atoms with Crippen LogP contribution in [0, 0.1) is 0 Å². The van der Waals surface area contributed by atoms with E-state index >= 15 is 0 Å². The maximum atomic E-state index is 6.15. The van der Waals surface area contributed by atoms with Crippen molar-refractivity contribution in [1.82, 2.24) is 0 Å². The third kappa shape index (κ3) is 3.08. The third-order valence-electron chi connectivity index (χ3n) is 3.83. The Balaban J connectivity index is 1.85. The van der Waals surface area contributed by atoms with E-state index in [0.29, 0.717) is 0 Å². The molecule has 3 heteroatoms. The van der Waals surface area contributed by atoms with Crippen LogP contribution in [0.5, 0.6) is 5.75 Å². The fourth-order valence-corrected chi connectivity index (χ4v) is 2.76. The summed E-state index contributed by atoms with van der Waals surface area (Å²) in [7, 11) is 0. The predicted molar refractivity (Wildman–Crippen MR) is 91.1 cm³/mol. The van der Waals surface area contributed by atoms with Gasteiger partial charge in [0.25, 0.3) is 0 Å². The van der Waals surface area contributed by atoms with E-state index in [9.17, 15) is 0 Å². The topological polar surface area (TPSA) is 21.3 Å². The van der Waals surface area contributed by atoms with Crippen molar-refractivity contribution in [3.8, 4) is 5.75 Å². The van der Waals surface area contributed by atoms with Gasteiger partial charge in [0.15, 0.2) is 0 Å². The normalized spacial score (nSPS) is 17.6. The van der Waals surface area contributed by atoms with Crippen LogP contribution in [0.2, 0.25) is 0 Å². The van der Waals surface area contributed by atoms with Crippen LogP contribution in [0.4, 0.5) is 5.69 Å². The maximum Gasteiger partial charge on any atom is 0.143 e. The fourth-order valence-electron chi connectivity index (χ4n) is 2.50. The summed E-state index contributed by atoms with van der Waals surface area (Å²) in [4.78, 5) is 0. The Bertz CT molecular complexity index is 643. The first-order valence-electron chi connectivity index (χ1n) is 7.24. The van der Waals surface area contributed by atoms with Gasteiger partial charge in [-0.3, -0.25) is 0 Å². The summed E-state index contributed by atoms with van der Waals surface area (Å²) in [6.45, 7) is 7.47. The highest BCUT2D eigenvalue weighted by Crippen LogP contribution is 2.37. The van der Waals surface area contributed by atoms with Gasteiger partial charge >= 0.3 is 0 Å². The van der Waals surface area contributed by atoms with Gasteiger partial charge in [-0.25, -0.2) is 0 Å². The maximum absolute atomic E-state index is 6.15. The molecule has 0 radical (unpaired) electrons. The van der Waals surface area contributed by atoms with Crippen LogP contribution in [0.3, 0.4) is 0 Å². The molecule has 1 aliphatic rings. The van der Waals surface area contributed by atoms with Crippen molar-refractivity contribution in [2.24, 2.45) is 0 Å². The van der Waals surface area contributed by atoms with Crippen LogP contribution >= 0.6 is 15.9 Å². The lowest BCUT2D eigenvalue weighted by Crippen LogP contribution is -2.24. The number of nitrogens with one attached hydrogen (secondary N) is 1. The first-order chi connectivity index (χ1) is 9.93. The molecule has 2 aromatic carbocycles. The minimum atomic E-state index is 0.0612. The lowest BCUT2D eigenvalue weighted by molar-refractivity contribution is 0.210. The average molecular weight is 346 g/mol. The molecule has 0 spiro atoms. The number of anilines is 1. The minimum Gasteiger partial charge on any atom is -0.482 e. The van der Waals surface area contributed by atoms with Crippen LogP contribution in [0.1, 0.15) is 38.0 Å². The van der Waals surface area contributed by atoms with Crippen LogP contribution in [-0.2, 0) is 5.41 Å². The van der Waals surface area contributed by atoms with Crippen LogP contribution in [-0.4, -0.2) is 6.54 Å². The van der Waals surface area contributed by atoms with Crippen molar-refractivity contribution in [2.45, 2.75) is 32.3 Å². The summed E-state index contributed by atoms with van der Waals surface area (Å²) < 4.78 is 7.24. The second kappa shape index (κ2) is 5.38. The standard InChI is InChI=1S/C18H20BrNO/c1-18(2,3)13-6-9-16-15(10-13)20-11-17(21-16)12-4-7-14(19)8-5-12/h4-10,17,20H,11H2,1-3H3. The zero-order valence-corrected chi connectivity index (χ0v) is 14.2. The van der Waals surface area contributed by atoms with Crippen molar-refractivity contribution >= 4 is 21.6 Å². The molecule has 0 bridgehead atoms. The molecule has 1 N–H and O–H groups in total. The molecule has 0 aromatic heterocycles. The molecule has 1 heterocycles. The van der Waals surface area contributed by atoms with E-state index in [-0.39, 0.29) is 11.5 Å². The van der Waals surface area contributed by atoms with Crippen molar-refractivity contribution < 1.29 is 4.74 Å². The molecular formula is C18H20BrNO. The van der Waals surface area contributed by atoms with Gasteiger partial charge in [-0.15, -0.1) is 0 Å². The monoisotopic (exact) mass is 345 g/mol. The molecule has 1 unspecified atom stereocenters. The smallest absolute Gasteiger partial charge is 0.143 e. The van der Waals surface area contributed by atoms with E-state index in [4.69, 9.17) is 4.74 Å². The van der Waals surface area contributed by atoms with Crippen LogP contribution < -0.4 is 10.1 Å². The van der Waals surface area contributed by atoms with Crippen molar-refractivity contribution in [3.63, 3.8) is 0 Å². The van der Waals surface area contributed by atoms with E-state index < -0.39 is 0 Å². The highest BCUT2D eigenvalue weighted by Gasteiger charge is 2.23. The number of rotatable bonds is 1. The number of fused-ring (bicyclic) bond motifs is 1. The molecule has 3 rings (SSSR count). The Hall–Kier alpha value is -1.48. The molecular weight excluding hydrogens is 326 g/mol. The highest BCUT2D eigenvalue weighted by molar-refractivity contribution is 9.10. The summed E-state index contributed by atoms with van der Waals surface area (Å²) >= 11 is 3.47. The van der Waals surface area contributed by atoms with Crippen molar-refractivity contribution in [1.29, 1.82) is 0 Å². The second-order valence-electron chi connectivity index (χ2n) is 6.50. The first-order valence-corrected chi connectivity index (χ1v) is 8.03. The summed E-state index contributed by atoms with van der Waals surface area (Å²) in [6.07, 6.45) is 0.0612. The SMILES string of the molecule is CC(C)(C)c1ccc2c(c1)NCC(c1ccc(Br)cc1)O2. The molecule has 110 valence electrons. The van der Waals surface area contributed by atoms with Gasteiger partial charge in [0.1, 0.15) is 11.9 Å². The fraction of sp³-hybridized carbons (Fsp3) is 0.333. The lowest BCUT2D eigenvalue weighted by Gasteiger charge is -2.29. The minimum absolute atomic E-state index is 0.0612. The molecule has 2 nitrogen and oxygen atoms in total. The van der Waals surface area contributed by atoms with Crippen LogP contribution in [0.25, 0.3) is 0 Å². The zero-order valence-electron chi connectivity index (χ0n) is 12.6. The predicted octanol–water partition coefficient (Wildman–Crippen LogP) is 5.29. The molecule has 0 saturated carbocycles. The molecule has 0 aliphatic carbocycles. The number of halogens is 1. The number of hydrogen-bond acceptors (Lipinski definition) is 2. The number of hydrogen-bond donors (Lipinski definition) is 1. The van der Waals surface area contributed by atoms with Gasteiger partial charge in [0, 0.05) is 4.47 Å². The van der Waals surface area contributed by atoms with Gasteiger partial charge in [0.05, 0.1) is 12.2 Å². The van der Waals surface area contributed by atoms with Gasteiger partial charge in [0.2, 0.25) is 0 Å². The Labute approximate surface area is 134 Å². The highest BCUT2D eigenvalue weighted by atomic mass is 79.9. The van der Waals surface area contributed by atoms with Crippen molar-refractivity contribution in [3.05, 3.63) is 58.1 Å². The molecule has 1 aliphatic heterocycles. The number of ether oxygens (including phenoxy) is 1. The molecule has 1 atom stereocenters. The molecule has 0 saturated heterocycles. The largest absolute Gasteiger partial charge is 0.482 e. The lowest BCUT2D eigenvalue weighted by atomic mass is 9.86. The van der Waals surface area contributed by atoms with E-state index in [1.807, 2.05) is 0 Å². The molecule has 0 fully saturated rings. The number of benzene rings is 2. The molecule has 0 amide bonds. The Morgan fingerprint density at radius 3 is 2.48 bits per heavy atom. The average Bonchev–Trinajstić information content (AvgIpc) is 2.46. The molecule has 21 heavy (non-hydrogen) atoms. The Morgan fingerprint density at radius 2 is 1.81 bits per heavy atom. The van der Waals surface area contributed by atoms with E-state index in [1.165, 1.54) is 11.1 Å². The first kappa shape index (κ1) is 14.5. The summed E-state index contributed by atoms with van der Waals surface area (Å²) in [6, 6.07) is 14.7. The summed E-state index contributed by atoms with van der Waals surface area (Å²) in [5.41, 5.74) is 3.76. The summed E-state index contributed by atoms with van der Waals surface area (Å²) in [5, 5.41) is 3.50. The quantitative estimate of drug-likeness (QED) is 0.757. The Morgan fingerprint density at radius 1 is 1.10 bits per heavy atom. The Kier molecular flexibility index (Phi) is 3.70. The van der Waals surface area contributed by atoms with Crippen LogP contribution in [0.15, 0.2) is 46.9 Å². The van der Waals surface area contributed by atoms with Gasteiger partial charge < -0.3 is 10.1 Å². The van der Waals surface area contributed by atoms with Crippen molar-refractivity contribution in [2.75, 3.05) is 11.9 Å². The zero-order chi connectivity index (χ0) is 15.0. The van der Waals surface area contributed by atoms with Gasteiger partial charge in [-0.2, -0.15) is 0 Å². The summed E-state index contributed by atoms with van der Waals surface area (Å²) in [5.74, 6) is 0.933. The van der Waals surface area contributed by atoms with Gasteiger partial charge in [-0.05, 0) is 40.8 Å². The molecule has 2 aromatic rings. The second-order valence-corrected chi connectivity index (χ2v) is 7.42. The van der Waals surface area contributed by atoms with E-state index in [2.05, 4.69) is 84.5 Å². The van der Waals surface area contributed by atoms with Gasteiger partial charge in [-0.1, -0.05) is 54.9 Å². The third-order valence-corrected chi connectivity index (χ3v) is 4.36. The van der Waals surface area contributed by atoms with E-state index in [0.717, 1.165) is 22.5 Å².